The smallest absolute Gasteiger partial charge is 0.260 e. The van der Waals surface area contributed by atoms with E-state index in [9.17, 15) is 9.18 Å². The Kier molecular flexibility index (Phi) is 4.64. The van der Waals surface area contributed by atoms with Crippen LogP contribution in [0.4, 0.5) is 10.1 Å². The highest BCUT2D eigenvalue weighted by Gasteiger charge is 2.23. The summed E-state index contributed by atoms with van der Waals surface area (Å²) in [6.45, 7) is 6.04. The number of imidazole rings is 1. The summed E-state index contributed by atoms with van der Waals surface area (Å²) >= 11 is 1.60. The number of rotatable bonds is 4. The number of nitrogens with zero attached hydrogens (tertiary/aromatic N) is 5. The third kappa shape index (κ3) is 3.27. The lowest BCUT2D eigenvalue weighted by Crippen LogP contribution is -2.32. The number of amides is 1. The van der Waals surface area contributed by atoms with Gasteiger partial charge in [0.2, 0.25) is 0 Å². The molecule has 1 aromatic carbocycles. The predicted octanol–water partition coefficient (Wildman–Crippen LogP) is 4.10. The Balaban J connectivity index is 1.82. The molecule has 0 fully saturated rings. The summed E-state index contributed by atoms with van der Waals surface area (Å²) in [6, 6.07) is 6.04. The zero-order chi connectivity index (χ0) is 19.8. The molecule has 0 aliphatic heterocycles. The van der Waals surface area contributed by atoms with Crippen molar-refractivity contribution in [1.29, 1.82) is 0 Å². The van der Waals surface area contributed by atoms with Crippen LogP contribution in [-0.4, -0.2) is 25.5 Å². The largest absolute Gasteiger partial charge is 0.302 e. The summed E-state index contributed by atoms with van der Waals surface area (Å²) in [5.41, 5.74) is 3.51. The average molecular weight is 395 g/mol. The number of benzene rings is 1. The summed E-state index contributed by atoms with van der Waals surface area (Å²) in [7, 11) is 0. The fourth-order valence-corrected chi connectivity index (χ4v) is 4.10. The summed E-state index contributed by atoms with van der Waals surface area (Å²) in [5.74, 6) is -0.568. The number of thiazole rings is 1. The Hall–Kier alpha value is -3.13. The van der Waals surface area contributed by atoms with Gasteiger partial charge in [0.15, 0.2) is 4.96 Å². The maximum Gasteiger partial charge on any atom is 0.260 e. The molecule has 1 amide bonds. The molecule has 0 bridgehead atoms. The Bertz CT molecular complexity index is 1170. The van der Waals surface area contributed by atoms with Gasteiger partial charge in [-0.15, -0.1) is 11.3 Å². The first-order valence-corrected chi connectivity index (χ1v) is 9.54. The fraction of sp³-hybridized carbons (Fsp3) is 0.200. The van der Waals surface area contributed by atoms with E-state index in [0.717, 1.165) is 21.2 Å². The van der Waals surface area contributed by atoms with Crippen molar-refractivity contribution in [2.24, 2.45) is 0 Å². The average Bonchev–Trinajstić information content (AvgIpc) is 3.16. The lowest BCUT2D eigenvalue weighted by atomic mass is 10.1. The van der Waals surface area contributed by atoms with Gasteiger partial charge in [0.05, 0.1) is 35.9 Å². The number of hydrogen-bond acceptors (Lipinski definition) is 5. The van der Waals surface area contributed by atoms with Gasteiger partial charge in [-0.2, -0.15) is 10.2 Å². The standard InChI is InChI=1S/C20H18FN5OS/c1-12-8-16(21)4-5-17(12)25(19(27)15-6-7-22-23-9-15)11-18-14(3)24-20-26(18)10-13(2)28-20/h4-10H,11H2,1-3H3. The van der Waals surface area contributed by atoms with E-state index >= 15 is 0 Å². The van der Waals surface area contributed by atoms with E-state index < -0.39 is 0 Å². The first kappa shape index (κ1) is 18.2. The molecule has 28 heavy (non-hydrogen) atoms. The van der Waals surface area contributed by atoms with E-state index in [2.05, 4.69) is 15.2 Å². The molecule has 0 aliphatic carbocycles. The van der Waals surface area contributed by atoms with Crippen LogP contribution in [0.2, 0.25) is 0 Å². The highest BCUT2D eigenvalue weighted by Crippen LogP contribution is 2.27. The number of aromatic nitrogens is 4. The topological polar surface area (TPSA) is 63.4 Å². The summed E-state index contributed by atoms with van der Waals surface area (Å²) in [6.07, 6.45) is 4.93. The second-order valence-electron chi connectivity index (χ2n) is 6.59. The van der Waals surface area contributed by atoms with Crippen molar-refractivity contribution in [2.75, 3.05) is 4.90 Å². The molecule has 6 nitrogen and oxygen atoms in total. The second kappa shape index (κ2) is 7.12. The molecule has 0 unspecified atom stereocenters. The molecule has 0 atom stereocenters. The van der Waals surface area contributed by atoms with Crippen LogP contribution in [-0.2, 0) is 6.54 Å². The third-order valence-electron chi connectivity index (χ3n) is 4.57. The van der Waals surface area contributed by atoms with Gasteiger partial charge in [0.1, 0.15) is 5.82 Å². The Morgan fingerprint density at radius 3 is 2.75 bits per heavy atom. The highest BCUT2D eigenvalue weighted by atomic mass is 32.1. The van der Waals surface area contributed by atoms with Crippen LogP contribution in [0.3, 0.4) is 0 Å². The van der Waals surface area contributed by atoms with E-state index in [1.165, 1.54) is 24.5 Å². The highest BCUT2D eigenvalue weighted by molar-refractivity contribution is 7.17. The molecule has 0 aliphatic rings. The molecule has 4 rings (SSSR count). The van der Waals surface area contributed by atoms with E-state index in [4.69, 9.17) is 0 Å². The molecule has 3 aromatic heterocycles. The van der Waals surface area contributed by atoms with Crippen molar-refractivity contribution in [3.05, 3.63) is 76.1 Å². The lowest BCUT2D eigenvalue weighted by Gasteiger charge is -2.24. The van der Waals surface area contributed by atoms with E-state index in [1.807, 2.05) is 24.4 Å². The van der Waals surface area contributed by atoms with Gasteiger partial charge in [0.25, 0.3) is 5.91 Å². The van der Waals surface area contributed by atoms with Crippen LogP contribution in [0, 0.1) is 26.6 Å². The second-order valence-corrected chi connectivity index (χ2v) is 7.80. The lowest BCUT2D eigenvalue weighted by molar-refractivity contribution is 0.0984. The van der Waals surface area contributed by atoms with Crippen molar-refractivity contribution < 1.29 is 9.18 Å². The van der Waals surface area contributed by atoms with Crippen LogP contribution < -0.4 is 4.90 Å². The summed E-state index contributed by atoms with van der Waals surface area (Å²) in [4.78, 5) is 21.6. The third-order valence-corrected chi connectivity index (χ3v) is 5.47. The number of halogens is 1. The zero-order valence-corrected chi connectivity index (χ0v) is 16.5. The minimum absolute atomic E-state index is 0.231. The first-order valence-electron chi connectivity index (χ1n) is 8.72. The number of carbonyl (C=O) groups is 1. The van der Waals surface area contributed by atoms with Crippen LogP contribution in [0.25, 0.3) is 4.96 Å². The first-order chi connectivity index (χ1) is 13.4. The Labute approximate surface area is 165 Å². The van der Waals surface area contributed by atoms with Gasteiger partial charge in [-0.3, -0.25) is 9.20 Å². The summed E-state index contributed by atoms with van der Waals surface area (Å²) < 4.78 is 15.7. The number of fused-ring (bicyclic) bond motifs is 1. The molecule has 142 valence electrons. The molecule has 4 aromatic rings. The molecule has 3 heterocycles. The van der Waals surface area contributed by atoms with Crippen molar-refractivity contribution in [3.8, 4) is 0 Å². The normalized spacial score (nSPS) is 11.1. The van der Waals surface area contributed by atoms with Gasteiger partial charge < -0.3 is 4.90 Å². The zero-order valence-electron chi connectivity index (χ0n) is 15.7. The molecule has 0 spiro atoms. The van der Waals surface area contributed by atoms with Crippen LogP contribution in [0.15, 0.2) is 42.9 Å². The minimum Gasteiger partial charge on any atom is -0.302 e. The molecular weight excluding hydrogens is 377 g/mol. The number of hydrogen-bond donors (Lipinski definition) is 0. The van der Waals surface area contributed by atoms with E-state index in [0.29, 0.717) is 23.4 Å². The van der Waals surface area contributed by atoms with Crippen LogP contribution in [0.5, 0.6) is 0 Å². The molecule has 0 radical (unpaired) electrons. The van der Waals surface area contributed by atoms with Crippen LogP contribution >= 0.6 is 11.3 Å². The maximum absolute atomic E-state index is 13.7. The van der Waals surface area contributed by atoms with Crippen molar-refractivity contribution in [1.82, 2.24) is 19.6 Å². The molecule has 8 heteroatoms. The van der Waals surface area contributed by atoms with Gasteiger partial charge in [0, 0.05) is 16.8 Å². The Morgan fingerprint density at radius 1 is 1.21 bits per heavy atom. The van der Waals surface area contributed by atoms with Crippen molar-refractivity contribution in [3.63, 3.8) is 0 Å². The number of anilines is 1. The minimum atomic E-state index is -0.337. The monoisotopic (exact) mass is 395 g/mol. The van der Waals surface area contributed by atoms with E-state index in [-0.39, 0.29) is 11.7 Å². The van der Waals surface area contributed by atoms with E-state index in [1.54, 1.807) is 35.3 Å². The summed E-state index contributed by atoms with van der Waals surface area (Å²) in [5, 5.41) is 7.55. The molecule has 0 saturated heterocycles. The van der Waals surface area contributed by atoms with Gasteiger partial charge in [-0.25, -0.2) is 9.37 Å². The fourth-order valence-electron chi connectivity index (χ4n) is 3.21. The molecular formula is C20H18FN5OS. The van der Waals surface area contributed by atoms with Gasteiger partial charge in [-0.1, -0.05) is 0 Å². The van der Waals surface area contributed by atoms with Crippen LogP contribution in [0.1, 0.15) is 32.2 Å². The number of aryl methyl sites for hydroxylation is 3. The van der Waals surface area contributed by atoms with Gasteiger partial charge in [-0.05, 0) is 50.6 Å². The Morgan fingerprint density at radius 2 is 2.04 bits per heavy atom. The molecule has 0 saturated carbocycles. The number of carbonyl (C=O) groups excluding carboxylic acids is 1. The molecule has 0 N–H and O–H groups in total. The quantitative estimate of drug-likeness (QED) is 0.522. The predicted molar refractivity (Wildman–Crippen MR) is 106 cm³/mol. The van der Waals surface area contributed by atoms with Crippen molar-refractivity contribution in [2.45, 2.75) is 27.3 Å². The SMILES string of the molecule is Cc1cn2c(CN(C(=O)c3ccnnc3)c3ccc(F)cc3C)c(C)nc2s1. The van der Waals surface area contributed by atoms with Gasteiger partial charge >= 0.3 is 0 Å². The maximum atomic E-state index is 13.7. The van der Waals surface area contributed by atoms with Crippen molar-refractivity contribution >= 4 is 27.9 Å².